The highest BCUT2D eigenvalue weighted by atomic mass is 15.2. The smallest absolute Gasteiger partial charge is 0.128 e. The monoisotopic (exact) mass is 208 g/mol. The van der Waals surface area contributed by atoms with Crippen molar-refractivity contribution >= 4 is 11.5 Å². The van der Waals surface area contributed by atoms with Crippen molar-refractivity contribution in [2.75, 3.05) is 23.4 Å². The summed E-state index contributed by atoms with van der Waals surface area (Å²) in [4.78, 5) is 6.66. The molecule has 4 heteroatoms. The van der Waals surface area contributed by atoms with Gasteiger partial charge in [0.2, 0.25) is 0 Å². The van der Waals surface area contributed by atoms with E-state index in [0.717, 1.165) is 37.4 Å². The van der Waals surface area contributed by atoms with E-state index in [-0.39, 0.29) is 0 Å². The second-order valence-electron chi connectivity index (χ2n) is 3.54. The average molecular weight is 208 g/mol. The van der Waals surface area contributed by atoms with Crippen LogP contribution in [0.1, 0.15) is 26.7 Å². The fraction of sp³-hybridized carbons (Fsp3) is 0.545. The molecule has 0 atom stereocenters. The zero-order valence-corrected chi connectivity index (χ0v) is 9.53. The van der Waals surface area contributed by atoms with Crippen LogP contribution in [-0.4, -0.2) is 18.1 Å². The van der Waals surface area contributed by atoms with Gasteiger partial charge >= 0.3 is 0 Å². The Morgan fingerprint density at radius 1 is 1.27 bits per heavy atom. The Balaban J connectivity index is 2.72. The van der Waals surface area contributed by atoms with Gasteiger partial charge in [-0.25, -0.2) is 4.98 Å². The van der Waals surface area contributed by atoms with Gasteiger partial charge in [0.05, 0.1) is 11.9 Å². The summed E-state index contributed by atoms with van der Waals surface area (Å²) in [5.41, 5.74) is 3.42. The molecule has 0 aromatic carbocycles. The van der Waals surface area contributed by atoms with Crippen LogP contribution in [0, 0.1) is 0 Å². The number of nitrogen functional groups attached to an aromatic ring is 1. The number of nitrogens with one attached hydrogen (secondary N) is 1. The fourth-order valence-electron chi connectivity index (χ4n) is 1.54. The van der Waals surface area contributed by atoms with Crippen LogP contribution in [0.5, 0.6) is 0 Å². The van der Waals surface area contributed by atoms with Crippen LogP contribution in [0.4, 0.5) is 11.5 Å². The summed E-state index contributed by atoms with van der Waals surface area (Å²) < 4.78 is 0. The van der Waals surface area contributed by atoms with E-state index in [1.807, 2.05) is 12.1 Å². The van der Waals surface area contributed by atoms with Crippen LogP contribution in [0.3, 0.4) is 0 Å². The third kappa shape index (κ3) is 3.40. The van der Waals surface area contributed by atoms with Crippen molar-refractivity contribution < 1.29 is 0 Å². The number of hydrogen-bond acceptors (Lipinski definition) is 4. The quantitative estimate of drug-likeness (QED) is 0.554. The Kier molecular flexibility index (Phi) is 4.90. The van der Waals surface area contributed by atoms with Crippen molar-refractivity contribution in [1.29, 1.82) is 0 Å². The molecule has 4 nitrogen and oxygen atoms in total. The lowest BCUT2D eigenvalue weighted by Crippen LogP contribution is -2.25. The van der Waals surface area contributed by atoms with E-state index < -0.39 is 0 Å². The fourth-order valence-corrected chi connectivity index (χ4v) is 1.54. The first-order valence-corrected chi connectivity index (χ1v) is 5.49. The summed E-state index contributed by atoms with van der Waals surface area (Å²) in [6.07, 6.45) is 4.03. The molecule has 1 aromatic heterocycles. The Hall–Kier alpha value is -1.29. The summed E-state index contributed by atoms with van der Waals surface area (Å²) in [5, 5.41) is 0. The maximum absolute atomic E-state index is 5.29. The normalized spacial score (nSPS) is 10.1. The zero-order valence-electron chi connectivity index (χ0n) is 9.53. The van der Waals surface area contributed by atoms with Crippen LogP contribution in [0.2, 0.25) is 0 Å². The van der Waals surface area contributed by atoms with E-state index in [4.69, 9.17) is 5.84 Å². The Labute approximate surface area is 91.5 Å². The van der Waals surface area contributed by atoms with E-state index in [0.29, 0.717) is 0 Å². The van der Waals surface area contributed by atoms with Gasteiger partial charge in [0.25, 0.3) is 0 Å². The van der Waals surface area contributed by atoms with E-state index >= 15 is 0 Å². The van der Waals surface area contributed by atoms with Crippen LogP contribution >= 0.6 is 0 Å². The lowest BCUT2D eigenvalue weighted by Gasteiger charge is -2.22. The first-order chi connectivity index (χ1) is 7.31. The Morgan fingerprint density at radius 3 is 2.33 bits per heavy atom. The molecule has 0 bridgehead atoms. The highest BCUT2D eigenvalue weighted by Crippen LogP contribution is 2.14. The van der Waals surface area contributed by atoms with Crippen LogP contribution < -0.4 is 16.2 Å². The van der Waals surface area contributed by atoms with Crippen molar-refractivity contribution in [3.8, 4) is 0 Å². The number of hydrogen-bond donors (Lipinski definition) is 2. The van der Waals surface area contributed by atoms with Gasteiger partial charge in [-0.15, -0.1) is 0 Å². The van der Waals surface area contributed by atoms with Crippen LogP contribution in [0.25, 0.3) is 0 Å². The lowest BCUT2D eigenvalue weighted by atomic mass is 10.3. The average Bonchev–Trinajstić information content (AvgIpc) is 2.29. The van der Waals surface area contributed by atoms with Gasteiger partial charge in [-0.2, -0.15) is 0 Å². The minimum Gasteiger partial charge on any atom is -0.357 e. The predicted molar refractivity (Wildman–Crippen MR) is 64.8 cm³/mol. The number of aromatic nitrogens is 1. The molecule has 0 unspecified atom stereocenters. The molecule has 84 valence electrons. The van der Waals surface area contributed by atoms with Gasteiger partial charge in [0, 0.05) is 13.1 Å². The Morgan fingerprint density at radius 2 is 1.93 bits per heavy atom. The number of pyridine rings is 1. The molecule has 0 aliphatic heterocycles. The molecule has 0 amide bonds. The minimum absolute atomic E-state index is 0.840. The van der Waals surface area contributed by atoms with Gasteiger partial charge in [-0.3, -0.25) is 5.84 Å². The molecule has 0 radical (unpaired) electrons. The maximum atomic E-state index is 5.29. The molecule has 0 saturated carbocycles. The molecular formula is C11H20N4. The number of nitrogens with zero attached hydrogens (tertiary/aromatic N) is 2. The number of hydrazine groups is 1. The predicted octanol–water partition coefficient (Wildman–Crippen LogP) is 1.99. The van der Waals surface area contributed by atoms with Crippen molar-refractivity contribution in [3.63, 3.8) is 0 Å². The first-order valence-electron chi connectivity index (χ1n) is 5.49. The summed E-state index contributed by atoms with van der Waals surface area (Å²) in [7, 11) is 0. The van der Waals surface area contributed by atoms with Gasteiger partial charge < -0.3 is 10.3 Å². The van der Waals surface area contributed by atoms with Gasteiger partial charge in [-0.05, 0) is 25.0 Å². The second kappa shape index (κ2) is 6.24. The molecule has 15 heavy (non-hydrogen) atoms. The van der Waals surface area contributed by atoms with Crippen LogP contribution in [0.15, 0.2) is 18.3 Å². The first kappa shape index (κ1) is 11.8. The van der Waals surface area contributed by atoms with Crippen LogP contribution in [-0.2, 0) is 0 Å². The molecule has 3 N–H and O–H groups in total. The number of nitrogens with two attached hydrogens (primary N) is 1. The second-order valence-corrected chi connectivity index (χ2v) is 3.54. The van der Waals surface area contributed by atoms with E-state index in [1.54, 1.807) is 6.20 Å². The Bertz CT molecular complexity index is 264. The van der Waals surface area contributed by atoms with E-state index in [1.165, 1.54) is 0 Å². The molecule has 0 spiro atoms. The highest BCUT2D eigenvalue weighted by Gasteiger charge is 2.04. The lowest BCUT2D eigenvalue weighted by molar-refractivity contribution is 0.734. The largest absolute Gasteiger partial charge is 0.357 e. The number of rotatable bonds is 6. The number of anilines is 2. The SMILES string of the molecule is CCCN(CCC)c1ccc(NN)cn1. The summed E-state index contributed by atoms with van der Waals surface area (Å²) in [6.45, 7) is 6.46. The third-order valence-electron chi connectivity index (χ3n) is 2.23. The molecule has 0 fully saturated rings. The van der Waals surface area contributed by atoms with E-state index in [9.17, 15) is 0 Å². The highest BCUT2D eigenvalue weighted by molar-refractivity contribution is 5.47. The molecule has 1 heterocycles. The topological polar surface area (TPSA) is 54.2 Å². The molecule has 1 aromatic rings. The van der Waals surface area contributed by atoms with Gasteiger partial charge in [-0.1, -0.05) is 13.8 Å². The summed E-state index contributed by atoms with van der Waals surface area (Å²) >= 11 is 0. The van der Waals surface area contributed by atoms with Crippen molar-refractivity contribution in [2.24, 2.45) is 5.84 Å². The van der Waals surface area contributed by atoms with Gasteiger partial charge in [0.15, 0.2) is 0 Å². The maximum Gasteiger partial charge on any atom is 0.128 e. The molecule has 0 aliphatic carbocycles. The third-order valence-corrected chi connectivity index (χ3v) is 2.23. The van der Waals surface area contributed by atoms with Crippen molar-refractivity contribution in [2.45, 2.75) is 26.7 Å². The van der Waals surface area contributed by atoms with E-state index in [2.05, 4.69) is 29.2 Å². The molecule has 1 rings (SSSR count). The molecule has 0 saturated heterocycles. The standard InChI is InChI=1S/C11H20N4/c1-3-7-15(8-4-2)11-6-5-10(14-12)9-13-11/h5-6,9,14H,3-4,7-8,12H2,1-2H3. The van der Waals surface area contributed by atoms with Crippen molar-refractivity contribution in [1.82, 2.24) is 4.98 Å². The summed E-state index contributed by atoms with van der Waals surface area (Å²) in [6, 6.07) is 3.95. The van der Waals surface area contributed by atoms with Gasteiger partial charge in [0.1, 0.15) is 5.82 Å². The molecule has 0 aliphatic rings. The zero-order chi connectivity index (χ0) is 11.1. The minimum atomic E-state index is 0.840. The molecular weight excluding hydrogens is 188 g/mol. The van der Waals surface area contributed by atoms with Crippen molar-refractivity contribution in [3.05, 3.63) is 18.3 Å². The summed E-state index contributed by atoms with van der Waals surface area (Å²) in [5.74, 6) is 6.32.